The number of phosphoric acid groups is 1. The Kier molecular flexibility index (Phi) is 7.42. The minimum atomic E-state index is -4.32. The fourth-order valence-electron chi connectivity index (χ4n) is 0.203. The Labute approximate surface area is 69.5 Å². The lowest BCUT2D eigenvalue weighted by molar-refractivity contribution is 0.244. The van der Waals surface area contributed by atoms with E-state index in [9.17, 15) is 4.57 Å². The highest BCUT2D eigenvalue weighted by Crippen LogP contribution is 2.37. The first-order valence-electron chi connectivity index (χ1n) is 2.41. The summed E-state index contributed by atoms with van der Waals surface area (Å²) in [5.74, 6) is 0.0123. The van der Waals surface area contributed by atoms with Crippen molar-refractivity contribution in [3.05, 3.63) is 12.3 Å². The van der Waals surface area contributed by atoms with Gasteiger partial charge in [0.25, 0.3) is 0 Å². The second kappa shape index (κ2) is 6.25. The van der Waals surface area contributed by atoms with Gasteiger partial charge in [0.05, 0.1) is 5.76 Å². The van der Waals surface area contributed by atoms with Gasteiger partial charge in [-0.15, -0.1) is 9.79 Å². The average Bonchev–Trinajstić information content (AvgIpc) is 1.52. The van der Waals surface area contributed by atoms with Crippen molar-refractivity contribution in [3.8, 4) is 0 Å². The van der Waals surface area contributed by atoms with Crippen LogP contribution in [0.25, 0.3) is 0 Å². The SMILES string of the molecule is C=C(C)OP(=O)(O)O.O=[P+](O)O. The van der Waals surface area contributed by atoms with E-state index in [1.807, 2.05) is 0 Å². The largest absolute Gasteiger partial charge is 0.692 e. The van der Waals surface area contributed by atoms with Gasteiger partial charge in [-0.3, -0.25) is 9.79 Å². The highest BCUT2D eigenvalue weighted by atomic mass is 31.2. The van der Waals surface area contributed by atoms with Crippen molar-refractivity contribution in [2.24, 2.45) is 0 Å². The maximum absolute atomic E-state index is 9.85. The fraction of sp³-hybridized carbons (Fsp3) is 0.333. The molecule has 0 bridgehead atoms. The van der Waals surface area contributed by atoms with Crippen LogP contribution in [0.1, 0.15) is 6.92 Å². The van der Waals surface area contributed by atoms with Gasteiger partial charge in [0, 0.05) is 4.57 Å². The minimum Gasteiger partial charge on any atom is -0.410 e. The molecule has 0 aromatic heterocycles. The quantitative estimate of drug-likeness (QED) is 0.387. The molecule has 9 heteroatoms. The molecule has 0 aromatic carbocycles. The molecule has 0 heterocycles. The van der Waals surface area contributed by atoms with E-state index in [0.717, 1.165) is 0 Å². The summed E-state index contributed by atoms with van der Waals surface area (Å²) in [5, 5.41) is 0. The smallest absolute Gasteiger partial charge is 0.410 e. The third-order valence-corrected chi connectivity index (χ3v) is 0.824. The lowest BCUT2D eigenvalue weighted by Gasteiger charge is -2.03. The third kappa shape index (κ3) is 33.2. The van der Waals surface area contributed by atoms with Crippen LogP contribution in [0.2, 0.25) is 0 Å². The molecule has 0 fully saturated rings. The van der Waals surface area contributed by atoms with Gasteiger partial charge in [0.15, 0.2) is 0 Å². The van der Waals surface area contributed by atoms with Crippen LogP contribution >= 0.6 is 16.1 Å². The summed E-state index contributed by atoms with van der Waals surface area (Å²) in [7, 11) is -7.19. The van der Waals surface area contributed by atoms with Crippen LogP contribution in [0, 0.1) is 0 Å². The summed E-state index contributed by atoms with van der Waals surface area (Å²) in [6, 6.07) is 0. The van der Waals surface area contributed by atoms with Crippen LogP contribution in [-0.2, 0) is 13.7 Å². The van der Waals surface area contributed by atoms with Crippen molar-refractivity contribution in [2.75, 3.05) is 0 Å². The second-order valence-corrected chi connectivity index (χ2v) is 3.21. The van der Waals surface area contributed by atoms with E-state index in [0.29, 0.717) is 0 Å². The van der Waals surface area contributed by atoms with Crippen molar-refractivity contribution in [2.45, 2.75) is 6.92 Å². The first-order valence-corrected chi connectivity index (χ1v) is 5.10. The van der Waals surface area contributed by atoms with Crippen molar-refractivity contribution < 1.29 is 33.2 Å². The lowest BCUT2D eigenvalue weighted by atomic mass is 10.7. The Morgan fingerprint density at radius 1 is 1.50 bits per heavy atom. The van der Waals surface area contributed by atoms with Gasteiger partial charge < -0.3 is 4.52 Å². The highest BCUT2D eigenvalue weighted by molar-refractivity contribution is 7.46. The molecule has 0 saturated carbocycles. The zero-order valence-corrected chi connectivity index (χ0v) is 7.90. The standard InChI is InChI=1S/C3H7O4P.HO3P/c1-3(2)7-8(4,5)6;1-4(2)3/h1H2,2H3,(H2,4,5,6);(H-,1,2,3)/p+1. The summed E-state index contributed by atoms with van der Waals surface area (Å²) in [4.78, 5) is 30.3. The molecule has 7 nitrogen and oxygen atoms in total. The monoisotopic (exact) mass is 219 g/mol. The summed E-state index contributed by atoms with van der Waals surface area (Å²) in [6.45, 7) is 4.49. The topological polar surface area (TPSA) is 124 Å². The summed E-state index contributed by atoms with van der Waals surface area (Å²) in [6.07, 6.45) is 0. The number of hydrogen-bond donors (Lipinski definition) is 4. The molecule has 0 aromatic rings. The van der Waals surface area contributed by atoms with Gasteiger partial charge >= 0.3 is 16.1 Å². The molecule has 0 radical (unpaired) electrons. The van der Waals surface area contributed by atoms with Gasteiger partial charge in [-0.05, 0) is 6.92 Å². The fourth-order valence-corrected chi connectivity index (χ4v) is 0.609. The normalized spacial score (nSPS) is 9.42. The predicted molar refractivity (Wildman–Crippen MR) is 40.0 cm³/mol. The Morgan fingerprint density at radius 3 is 1.75 bits per heavy atom. The second-order valence-electron chi connectivity index (χ2n) is 1.54. The molecule has 12 heavy (non-hydrogen) atoms. The molecule has 0 aliphatic rings. The maximum Gasteiger partial charge on any atom is 0.692 e. The highest BCUT2D eigenvalue weighted by Gasteiger charge is 2.13. The van der Waals surface area contributed by atoms with Crippen molar-refractivity contribution in [3.63, 3.8) is 0 Å². The average molecular weight is 219 g/mol. The molecule has 0 unspecified atom stereocenters. The number of rotatable bonds is 2. The van der Waals surface area contributed by atoms with E-state index in [4.69, 9.17) is 24.1 Å². The lowest BCUT2D eigenvalue weighted by Crippen LogP contribution is -1.82. The molecule has 0 spiro atoms. The number of allylic oxidation sites excluding steroid dienone is 1. The number of phosphoric ester groups is 1. The molecule has 0 amide bonds. The predicted octanol–water partition coefficient (Wildman–Crippen LogP) is 0.258. The van der Waals surface area contributed by atoms with Crippen molar-refractivity contribution >= 4 is 16.1 Å². The van der Waals surface area contributed by atoms with Gasteiger partial charge in [0.2, 0.25) is 0 Å². The van der Waals surface area contributed by atoms with Crippen LogP contribution in [0.3, 0.4) is 0 Å². The summed E-state index contributed by atoms with van der Waals surface area (Å²) in [5.41, 5.74) is 0. The van der Waals surface area contributed by atoms with E-state index >= 15 is 0 Å². The Bertz CT molecular complexity index is 201. The first-order chi connectivity index (χ1) is 5.15. The molecule has 0 atom stereocenters. The molecular weight excluding hydrogens is 210 g/mol. The van der Waals surface area contributed by atoms with Crippen LogP contribution in [-0.4, -0.2) is 19.6 Å². The van der Waals surface area contributed by atoms with E-state index < -0.39 is 16.1 Å². The van der Waals surface area contributed by atoms with E-state index in [-0.39, 0.29) is 5.76 Å². The first kappa shape index (κ1) is 14.2. The van der Waals surface area contributed by atoms with Crippen LogP contribution in [0.15, 0.2) is 12.3 Å². The summed E-state index contributed by atoms with van der Waals surface area (Å²) < 4.78 is 22.5. The Balaban J connectivity index is 0. The zero-order valence-electron chi connectivity index (χ0n) is 6.12. The van der Waals surface area contributed by atoms with Crippen LogP contribution < -0.4 is 0 Å². The van der Waals surface area contributed by atoms with Gasteiger partial charge in [0.1, 0.15) is 0 Å². The Hall–Kier alpha value is -0.290. The van der Waals surface area contributed by atoms with Crippen molar-refractivity contribution in [1.29, 1.82) is 0 Å². The Morgan fingerprint density at radius 2 is 1.75 bits per heavy atom. The van der Waals surface area contributed by atoms with E-state index in [1.54, 1.807) is 0 Å². The molecule has 0 saturated heterocycles. The minimum absolute atomic E-state index is 0.0123. The molecule has 72 valence electrons. The summed E-state index contributed by atoms with van der Waals surface area (Å²) >= 11 is 0. The van der Waals surface area contributed by atoms with Crippen LogP contribution in [0.5, 0.6) is 0 Å². The molecule has 0 aliphatic carbocycles. The van der Waals surface area contributed by atoms with Gasteiger partial charge in [-0.2, -0.15) is 0 Å². The third-order valence-electron chi connectivity index (χ3n) is 0.275. The maximum atomic E-state index is 9.85. The molecular formula is C3H9O7P2+. The molecule has 4 N–H and O–H groups in total. The molecule has 0 rings (SSSR count). The van der Waals surface area contributed by atoms with Gasteiger partial charge in [-0.1, -0.05) is 6.58 Å². The van der Waals surface area contributed by atoms with Crippen LogP contribution in [0.4, 0.5) is 0 Å². The molecule has 0 aliphatic heterocycles. The van der Waals surface area contributed by atoms with Crippen molar-refractivity contribution in [1.82, 2.24) is 0 Å². The van der Waals surface area contributed by atoms with E-state index in [2.05, 4.69) is 11.1 Å². The van der Waals surface area contributed by atoms with Gasteiger partial charge in [-0.25, -0.2) is 4.57 Å². The number of hydrogen-bond acceptors (Lipinski definition) is 3. The van der Waals surface area contributed by atoms with E-state index in [1.165, 1.54) is 6.92 Å². The zero-order chi connectivity index (χ0) is 10.4.